The van der Waals surface area contributed by atoms with Gasteiger partial charge in [-0.1, -0.05) is 127 Å². The van der Waals surface area contributed by atoms with Crippen LogP contribution in [0.4, 0.5) is 0 Å². The monoisotopic (exact) mass is 691 g/mol. The third kappa shape index (κ3) is 4.58. The minimum Gasteiger partial charge on any atom is -0.456 e. The molecule has 1 aliphatic rings. The Morgan fingerprint density at radius 3 is 2.00 bits per heavy atom. The zero-order valence-electron chi connectivity index (χ0n) is 27.3. The van der Waals surface area contributed by atoms with Gasteiger partial charge in [-0.3, -0.25) is 5.32 Å². The van der Waals surface area contributed by atoms with Crippen LogP contribution in [-0.2, 0) is 0 Å². The summed E-state index contributed by atoms with van der Waals surface area (Å²) in [6.07, 6.45) is -0.458. The molecule has 10 aromatic rings. The van der Waals surface area contributed by atoms with Crippen LogP contribution < -0.4 is 10.6 Å². The summed E-state index contributed by atoms with van der Waals surface area (Å²) in [6, 6.07) is 54.1. The predicted octanol–water partition coefficient (Wildman–Crippen LogP) is 12.3. The van der Waals surface area contributed by atoms with Gasteiger partial charge < -0.3 is 9.73 Å². The molecule has 0 fully saturated rings. The molecule has 1 aliphatic heterocycles. The quantitative estimate of drug-likeness (QED) is 0.193. The van der Waals surface area contributed by atoms with Gasteiger partial charge in [-0.05, 0) is 29.8 Å². The second kappa shape index (κ2) is 11.4. The summed E-state index contributed by atoms with van der Waals surface area (Å²) < 4.78 is 11.5. The first-order chi connectivity index (χ1) is 25.3. The maximum absolute atomic E-state index is 6.28. The Morgan fingerprint density at radius 2 is 1.18 bits per heavy atom. The van der Waals surface area contributed by atoms with Crippen molar-refractivity contribution in [2.45, 2.75) is 12.3 Å². The van der Waals surface area contributed by atoms with E-state index in [4.69, 9.17) is 9.41 Å². The fourth-order valence-electron chi connectivity index (χ4n) is 7.83. The molecule has 0 aliphatic carbocycles. The molecule has 2 atom stereocenters. The molecule has 2 N–H and O–H groups in total. The maximum atomic E-state index is 6.28. The number of nitrogens with zero attached hydrogens (tertiary/aromatic N) is 1. The molecule has 0 amide bonds. The second-order valence-electron chi connectivity index (χ2n) is 13.1. The number of benzene rings is 7. The lowest BCUT2D eigenvalue weighted by Gasteiger charge is -2.32. The topological polar surface area (TPSA) is 49.6 Å². The molecule has 4 nitrogen and oxygen atoms in total. The van der Waals surface area contributed by atoms with Gasteiger partial charge in [0, 0.05) is 73.4 Å². The third-order valence-corrected chi connectivity index (χ3v) is 12.6. The smallest absolute Gasteiger partial charge is 0.135 e. The Bertz CT molecular complexity index is 3010. The highest BCUT2D eigenvalue weighted by atomic mass is 32.1. The molecular formula is C45H29N3OS2. The number of hydrogen-bond donors (Lipinski definition) is 2. The molecule has 11 rings (SSSR count). The number of furan rings is 1. The summed E-state index contributed by atoms with van der Waals surface area (Å²) in [4.78, 5) is 5.29. The Kier molecular flexibility index (Phi) is 6.46. The zero-order valence-corrected chi connectivity index (χ0v) is 28.9. The molecule has 51 heavy (non-hydrogen) atoms. The van der Waals surface area contributed by atoms with Crippen molar-refractivity contribution in [3.63, 3.8) is 0 Å². The highest BCUT2D eigenvalue weighted by Crippen LogP contribution is 2.46. The lowest BCUT2D eigenvalue weighted by Crippen LogP contribution is -2.45. The number of hydrogen-bond acceptors (Lipinski definition) is 6. The van der Waals surface area contributed by atoms with Gasteiger partial charge in [0.2, 0.25) is 0 Å². The van der Waals surface area contributed by atoms with Crippen molar-refractivity contribution in [1.82, 2.24) is 10.6 Å². The molecule has 242 valence electrons. The van der Waals surface area contributed by atoms with Crippen LogP contribution in [0.25, 0.3) is 73.4 Å². The predicted molar refractivity (Wildman–Crippen MR) is 216 cm³/mol. The van der Waals surface area contributed by atoms with Gasteiger partial charge in [0.1, 0.15) is 29.3 Å². The molecule has 6 heteroatoms. The van der Waals surface area contributed by atoms with E-state index in [9.17, 15) is 0 Å². The van der Waals surface area contributed by atoms with Gasteiger partial charge in [0.25, 0.3) is 0 Å². The van der Waals surface area contributed by atoms with Gasteiger partial charge >= 0.3 is 0 Å². The Morgan fingerprint density at radius 1 is 0.529 bits per heavy atom. The van der Waals surface area contributed by atoms with Crippen LogP contribution in [0.1, 0.15) is 29.0 Å². The van der Waals surface area contributed by atoms with Gasteiger partial charge in [-0.15, -0.1) is 22.7 Å². The summed E-state index contributed by atoms with van der Waals surface area (Å²) in [7, 11) is 0. The highest BCUT2D eigenvalue weighted by molar-refractivity contribution is 7.27. The first-order valence-corrected chi connectivity index (χ1v) is 18.8. The number of amidine groups is 1. The normalized spacial score (nSPS) is 16.4. The fourth-order valence-corrected chi connectivity index (χ4v) is 10.3. The Hall–Kier alpha value is -5.79. The summed E-state index contributed by atoms with van der Waals surface area (Å²) in [5.41, 5.74) is 7.68. The maximum Gasteiger partial charge on any atom is 0.135 e. The fraction of sp³-hybridized carbons (Fsp3) is 0.0444. The molecule has 4 heterocycles. The van der Waals surface area contributed by atoms with Crippen molar-refractivity contribution < 1.29 is 4.42 Å². The van der Waals surface area contributed by atoms with Gasteiger partial charge in [0.05, 0.1) is 0 Å². The molecule has 0 radical (unpaired) electrons. The summed E-state index contributed by atoms with van der Waals surface area (Å²) >= 11 is 3.76. The average Bonchev–Trinajstić information content (AvgIpc) is 3.89. The highest BCUT2D eigenvalue weighted by Gasteiger charge is 2.28. The van der Waals surface area contributed by atoms with Crippen molar-refractivity contribution in [3.8, 4) is 11.1 Å². The van der Waals surface area contributed by atoms with Crippen LogP contribution in [-0.4, -0.2) is 5.84 Å². The molecule has 0 saturated carbocycles. The van der Waals surface area contributed by atoms with Gasteiger partial charge in [-0.2, -0.15) is 0 Å². The summed E-state index contributed by atoms with van der Waals surface area (Å²) in [5, 5.41) is 15.1. The van der Waals surface area contributed by atoms with Crippen molar-refractivity contribution in [1.29, 1.82) is 0 Å². The van der Waals surface area contributed by atoms with E-state index in [0.717, 1.165) is 44.5 Å². The van der Waals surface area contributed by atoms with E-state index in [0.29, 0.717) is 0 Å². The average molecular weight is 692 g/mol. The lowest BCUT2D eigenvalue weighted by molar-refractivity contribution is 0.411. The first-order valence-electron chi connectivity index (χ1n) is 17.2. The number of nitrogens with one attached hydrogen (secondary N) is 2. The number of rotatable bonds is 4. The summed E-state index contributed by atoms with van der Waals surface area (Å²) in [6.45, 7) is 0. The van der Waals surface area contributed by atoms with E-state index in [1.54, 1.807) is 0 Å². The molecule has 0 bridgehead atoms. The van der Waals surface area contributed by atoms with E-state index in [1.807, 2.05) is 40.9 Å². The molecule has 0 spiro atoms. The van der Waals surface area contributed by atoms with Crippen molar-refractivity contribution in [2.75, 3.05) is 0 Å². The lowest BCUT2D eigenvalue weighted by atomic mass is 10.00. The standard InChI is InChI=1S/C45H29N3OS2/c1-2-11-26(12-3-1)43-46-44(48-45(47-43)35-19-10-21-37-40(35)34-14-4-6-20-36(34)49-37)27-23-24-29-31-16-9-18-33(42(31)51-39(29)25-27)32-17-8-15-30-28-13-5-7-22-38(28)50-41(30)32/h1-25,44-45,48H,(H,46,47). The first kappa shape index (κ1) is 29.0. The van der Waals surface area contributed by atoms with Crippen LogP contribution in [0.15, 0.2) is 161 Å². The van der Waals surface area contributed by atoms with Gasteiger partial charge in [0.15, 0.2) is 0 Å². The van der Waals surface area contributed by atoms with Crippen LogP contribution in [0.5, 0.6) is 0 Å². The van der Waals surface area contributed by atoms with Crippen molar-refractivity contribution in [3.05, 3.63) is 168 Å². The minimum atomic E-state index is -0.263. The number of thiophene rings is 2. The van der Waals surface area contributed by atoms with E-state index in [2.05, 4.69) is 144 Å². The van der Waals surface area contributed by atoms with E-state index in [1.165, 1.54) is 51.5 Å². The zero-order chi connectivity index (χ0) is 33.5. The molecular weight excluding hydrogens is 663 g/mol. The molecule has 2 unspecified atom stereocenters. The van der Waals surface area contributed by atoms with Crippen molar-refractivity contribution >= 4 is 90.8 Å². The number of aliphatic imine (C=N–C) groups is 1. The number of para-hydroxylation sites is 1. The number of fused-ring (bicyclic) bond motifs is 9. The van der Waals surface area contributed by atoms with Crippen LogP contribution in [0.2, 0.25) is 0 Å². The van der Waals surface area contributed by atoms with Crippen LogP contribution in [0.3, 0.4) is 0 Å². The molecule has 7 aromatic carbocycles. The largest absolute Gasteiger partial charge is 0.456 e. The second-order valence-corrected chi connectivity index (χ2v) is 15.2. The van der Waals surface area contributed by atoms with E-state index in [-0.39, 0.29) is 12.3 Å². The van der Waals surface area contributed by atoms with Gasteiger partial charge in [-0.25, -0.2) is 4.99 Å². The van der Waals surface area contributed by atoms with E-state index < -0.39 is 0 Å². The van der Waals surface area contributed by atoms with Crippen molar-refractivity contribution in [2.24, 2.45) is 4.99 Å². The van der Waals surface area contributed by atoms with Crippen LogP contribution in [0, 0.1) is 0 Å². The Balaban J connectivity index is 1.05. The summed E-state index contributed by atoms with van der Waals surface area (Å²) in [5.74, 6) is 0.865. The minimum absolute atomic E-state index is 0.195. The SMILES string of the molecule is c1ccc(C2=NC(c3ccc4c(c3)sc3c(-c5cccc6c5sc5ccccc56)cccc34)NC(c3cccc4oc5ccccc5c34)N2)cc1. The Labute approximate surface area is 301 Å². The van der Waals surface area contributed by atoms with E-state index >= 15 is 0 Å². The molecule has 0 saturated heterocycles. The third-order valence-electron chi connectivity index (χ3n) is 10.2. The van der Waals surface area contributed by atoms with Crippen LogP contribution >= 0.6 is 22.7 Å². The molecule has 3 aromatic heterocycles.